The van der Waals surface area contributed by atoms with Crippen LogP contribution in [0.4, 0.5) is 4.79 Å². The SMILES string of the molecule is C[C@H](NC(=O)[C@H](Cc1cc(I)c(O)c(I)c1)NC(=O)OCc1ccccc1)c1ccccc1. The van der Waals surface area contributed by atoms with Crippen molar-refractivity contribution in [2.45, 2.75) is 32.0 Å². The molecule has 2 amide bonds. The minimum atomic E-state index is -0.851. The van der Waals surface area contributed by atoms with Crippen LogP contribution in [0.5, 0.6) is 5.75 Å². The predicted octanol–water partition coefficient (Wildman–Crippen LogP) is 5.32. The number of hydrogen-bond donors (Lipinski definition) is 3. The molecule has 3 rings (SSSR count). The normalized spacial score (nSPS) is 12.5. The molecule has 172 valence electrons. The molecule has 0 radical (unpaired) electrons. The van der Waals surface area contributed by atoms with Gasteiger partial charge in [-0.15, -0.1) is 0 Å². The van der Waals surface area contributed by atoms with Gasteiger partial charge in [0, 0.05) is 6.42 Å². The van der Waals surface area contributed by atoms with Gasteiger partial charge in [-0.05, 0) is 80.9 Å². The lowest BCUT2D eigenvalue weighted by molar-refractivity contribution is -0.123. The first-order valence-electron chi connectivity index (χ1n) is 10.3. The summed E-state index contributed by atoms with van der Waals surface area (Å²) < 4.78 is 6.69. The Bertz CT molecular complexity index is 1070. The second-order valence-electron chi connectivity index (χ2n) is 7.51. The summed E-state index contributed by atoms with van der Waals surface area (Å²) in [7, 11) is 0. The summed E-state index contributed by atoms with van der Waals surface area (Å²) in [4.78, 5) is 25.7. The van der Waals surface area contributed by atoms with E-state index in [0.717, 1.165) is 16.7 Å². The number of benzene rings is 3. The van der Waals surface area contributed by atoms with Crippen LogP contribution >= 0.6 is 45.2 Å². The van der Waals surface area contributed by atoms with Crippen molar-refractivity contribution in [1.29, 1.82) is 0 Å². The highest BCUT2D eigenvalue weighted by atomic mass is 127. The maximum atomic E-state index is 13.1. The number of nitrogens with one attached hydrogen (secondary N) is 2. The van der Waals surface area contributed by atoms with Crippen LogP contribution in [0.3, 0.4) is 0 Å². The number of aromatic hydroxyl groups is 1. The Balaban J connectivity index is 1.73. The zero-order chi connectivity index (χ0) is 23.8. The van der Waals surface area contributed by atoms with Crippen molar-refractivity contribution >= 4 is 57.2 Å². The van der Waals surface area contributed by atoms with Gasteiger partial charge >= 0.3 is 6.09 Å². The molecule has 6 nitrogen and oxygen atoms in total. The third-order valence-corrected chi connectivity index (χ3v) is 6.64. The Hall–Kier alpha value is -2.34. The Kier molecular flexibility index (Phi) is 9.36. The summed E-state index contributed by atoms with van der Waals surface area (Å²) >= 11 is 4.09. The maximum Gasteiger partial charge on any atom is 0.408 e. The van der Waals surface area contributed by atoms with Gasteiger partial charge in [-0.1, -0.05) is 60.7 Å². The number of rotatable bonds is 8. The number of carbonyl (C=O) groups is 2. The zero-order valence-electron chi connectivity index (χ0n) is 17.9. The molecule has 3 aromatic carbocycles. The van der Waals surface area contributed by atoms with Gasteiger partial charge < -0.3 is 20.5 Å². The molecular formula is C25H24I2N2O4. The molecule has 8 heteroatoms. The highest BCUT2D eigenvalue weighted by molar-refractivity contribution is 14.1. The molecule has 0 spiro atoms. The molecule has 0 bridgehead atoms. The average molecular weight is 670 g/mol. The van der Waals surface area contributed by atoms with Crippen molar-refractivity contribution in [3.8, 4) is 5.75 Å². The molecule has 0 heterocycles. The van der Waals surface area contributed by atoms with Gasteiger partial charge in [-0.3, -0.25) is 4.79 Å². The molecule has 33 heavy (non-hydrogen) atoms. The fourth-order valence-corrected chi connectivity index (χ4v) is 5.12. The average Bonchev–Trinajstić information content (AvgIpc) is 2.82. The van der Waals surface area contributed by atoms with E-state index in [1.165, 1.54) is 0 Å². The first-order valence-corrected chi connectivity index (χ1v) is 12.5. The molecule has 0 aliphatic heterocycles. The van der Waals surface area contributed by atoms with E-state index in [2.05, 4.69) is 10.6 Å². The second kappa shape index (κ2) is 12.2. The number of hydrogen-bond acceptors (Lipinski definition) is 4. The summed E-state index contributed by atoms with van der Waals surface area (Å²) in [6.45, 7) is 2.00. The van der Waals surface area contributed by atoms with Crippen LogP contribution in [0, 0.1) is 7.14 Å². The number of phenols is 1. The van der Waals surface area contributed by atoms with E-state index < -0.39 is 12.1 Å². The highest BCUT2D eigenvalue weighted by Crippen LogP contribution is 2.28. The van der Waals surface area contributed by atoms with Crippen molar-refractivity contribution < 1.29 is 19.4 Å². The van der Waals surface area contributed by atoms with E-state index in [-0.39, 0.29) is 30.7 Å². The fraction of sp³-hybridized carbons (Fsp3) is 0.200. The predicted molar refractivity (Wildman–Crippen MR) is 144 cm³/mol. The van der Waals surface area contributed by atoms with E-state index >= 15 is 0 Å². The smallest absolute Gasteiger partial charge is 0.408 e. The number of phenolic OH excluding ortho intramolecular Hbond substituents is 1. The van der Waals surface area contributed by atoms with Crippen LogP contribution in [-0.4, -0.2) is 23.1 Å². The Morgan fingerprint density at radius 2 is 1.48 bits per heavy atom. The quantitative estimate of drug-likeness (QED) is 0.284. The van der Waals surface area contributed by atoms with E-state index in [1.54, 1.807) is 12.1 Å². The molecule has 0 aliphatic rings. The lowest BCUT2D eigenvalue weighted by Crippen LogP contribution is -2.48. The van der Waals surface area contributed by atoms with Crippen LogP contribution in [0.2, 0.25) is 0 Å². The Morgan fingerprint density at radius 1 is 0.909 bits per heavy atom. The van der Waals surface area contributed by atoms with Crippen molar-refractivity contribution in [1.82, 2.24) is 10.6 Å². The van der Waals surface area contributed by atoms with Gasteiger partial charge in [0.1, 0.15) is 18.4 Å². The number of carbonyl (C=O) groups excluding carboxylic acids is 2. The van der Waals surface area contributed by atoms with Crippen molar-refractivity contribution in [2.75, 3.05) is 0 Å². The van der Waals surface area contributed by atoms with Crippen LogP contribution in [0.15, 0.2) is 72.8 Å². The monoisotopic (exact) mass is 670 g/mol. The lowest BCUT2D eigenvalue weighted by atomic mass is 10.0. The number of halogens is 2. The zero-order valence-corrected chi connectivity index (χ0v) is 22.2. The molecule has 2 atom stereocenters. The highest BCUT2D eigenvalue weighted by Gasteiger charge is 2.24. The van der Waals surface area contributed by atoms with E-state index in [9.17, 15) is 14.7 Å². The van der Waals surface area contributed by atoms with Gasteiger partial charge in [0.05, 0.1) is 13.2 Å². The molecular weight excluding hydrogens is 646 g/mol. The summed E-state index contributed by atoms with van der Waals surface area (Å²) in [5.41, 5.74) is 2.64. The first kappa shape index (κ1) is 25.3. The molecule has 3 N–H and O–H groups in total. The van der Waals surface area contributed by atoms with Gasteiger partial charge in [-0.2, -0.15) is 0 Å². The molecule has 0 fully saturated rings. The topological polar surface area (TPSA) is 87.7 Å². The van der Waals surface area contributed by atoms with Crippen LogP contribution < -0.4 is 10.6 Å². The fourth-order valence-electron chi connectivity index (χ4n) is 3.23. The number of ether oxygens (including phenoxy) is 1. The van der Waals surface area contributed by atoms with Gasteiger partial charge in [-0.25, -0.2) is 4.79 Å². The number of alkyl carbamates (subject to hydrolysis) is 1. The van der Waals surface area contributed by atoms with Crippen LogP contribution in [0.1, 0.15) is 29.7 Å². The molecule has 0 saturated carbocycles. The van der Waals surface area contributed by atoms with Crippen molar-refractivity contribution in [3.63, 3.8) is 0 Å². The second-order valence-corrected chi connectivity index (χ2v) is 9.84. The minimum absolute atomic E-state index is 0.108. The van der Waals surface area contributed by atoms with Crippen LogP contribution in [-0.2, 0) is 22.6 Å². The van der Waals surface area contributed by atoms with Gasteiger partial charge in [0.25, 0.3) is 0 Å². The first-order chi connectivity index (χ1) is 15.8. The van der Waals surface area contributed by atoms with Crippen LogP contribution in [0.25, 0.3) is 0 Å². The van der Waals surface area contributed by atoms with E-state index in [4.69, 9.17) is 4.74 Å². The maximum absolute atomic E-state index is 13.1. The largest absolute Gasteiger partial charge is 0.506 e. The Labute approximate surface area is 220 Å². The molecule has 0 aromatic heterocycles. The summed E-state index contributed by atoms with van der Waals surface area (Å²) in [6.07, 6.45) is -0.422. The molecule has 3 aromatic rings. The minimum Gasteiger partial charge on any atom is -0.506 e. The molecule has 0 saturated heterocycles. The Morgan fingerprint density at radius 3 is 2.09 bits per heavy atom. The van der Waals surface area contributed by atoms with E-state index in [1.807, 2.05) is 113 Å². The van der Waals surface area contributed by atoms with E-state index in [0.29, 0.717) is 7.14 Å². The third-order valence-electron chi connectivity index (χ3n) is 5.00. The van der Waals surface area contributed by atoms with Crippen molar-refractivity contribution in [2.24, 2.45) is 0 Å². The van der Waals surface area contributed by atoms with Crippen molar-refractivity contribution in [3.05, 3.63) is 96.6 Å². The number of amides is 2. The third kappa shape index (κ3) is 7.60. The van der Waals surface area contributed by atoms with Gasteiger partial charge in [0.2, 0.25) is 5.91 Å². The standard InChI is InChI=1S/C25H24I2N2O4/c1-16(19-10-6-3-7-11-19)28-24(31)22(14-18-12-20(26)23(30)21(27)13-18)29-25(32)33-15-17-8-4-2-5-9-17/h2-13,16,22,30H,14-15H2,1H3,(H,28,31)(H,29,32)/t16-,22-/m0/s1. The molecule has 0 unspecified atom stereocenters. The molecule has 0 aliphatic carbocycles. The summed E-state index contributed by atoms with van der Waals surface area (Å²) in [5.74, 6) is -0.116. The lowest BCUT2D eigenvalue weighted by Gasteiger charge is -2.22. The summed E-state index contributed by atoms with van der Waals surface area (Å²) in [5, 5.41) is 15.7. The van der Waals surface area contributed by atoms with Gasteiger partial charge in [0.15, 0.2) is 0 Å². The summed E-state index contributed by atoms with van der Waals surface area (Å²) in [6, 6.07) is 21.5.